The van der Waals surface area contributed by atoms with Crippen LogP contribution in [0.2, 0.25) is 0 Å². The third kappa shape index (κ3) is 10.8. The van der Waals surface area contributed by atoms with E-state index in [1.165, 1.54) is 32.1 Å². The van der Waals surface area contributed by atoms with Crippen molar-refractivity contribution in [2.75, 3.05) is 0 Å². The SMILES string of the molecule is CC(C)CCCCCCCC(CC(C)C)OC(=O)C1CCC(C(=O)O)CC1. The molecule has 1 atom stereocenters. The fraction of sp³-hybridized carbons (Fsp3) is 0.913. The van der Waals surface area contributed by atoms with Crippen molar-refractivity contribution in [3.8, 4) is 0 Å². The van der Waals surface area contributed by atoms with Gasteiger partial charge in [0.2, 0.25) is 0 Å². The second-order valence-corrected chi connectivity index (χ2v) is 9.31. The van der Waals surface area contributed by atoms with Gasteiger partial charge in [-0.2, -0.15) is 0 Å². The second kappa shape index (κ2) is 13.2. The van der Waals surface area contributed by atoms with Crippen LogP contribution in [-0.4, -0.2) is 23.1 Å². The number of hydrogen-bond donors (Lipinski definition) is 1. The molecule has 0 aromatic carbocycles. The van der Waals surface area contributed by atoms with Gasteiger partial charge in [-0.3, -0.25) is 9.59 Å². The Bertz CT molecular complexity index is 422. The zero-order chi connectivity index (χ0) is 20.2. The maximum atomic E-state index is 12.5. The van der Waals surface area contributed by atoms with Crippen LogP contribution in [0.15, 0.2) is 0 Å². The van der Waals surface area contributed by atoms with Crippen LogP contribution >= 0.6 is 0 Å². The second-order valence-electron chi connectivity index (χ2n) is 9.31. The van der Waals surface area contributed by atoms with Crippen molar-refractivity contribution < 1.29 is 19.4 Å². The molecule has 0 bridgehead atoms. The molecular formula is C23H42O4. The van der Waals surface area contributed by atoms with Gasteiger partial charge in [0, 0.05) is 0 Å². The third-order valence-corrected chi connectivity index (χ3v) is 5.73. The number of carboxylic acids is 1. The molecule has 4 nitrogen and oxygen atoms in total. The van der Waals surface area contributed by atoms with Crippen LogP contribution in [0.4, 0.5) is 0 Å². The highest BCUT2D eigenvalue weighted by atomic mass is 16.5. The van der Waals surface area contributed by atoms with Gasteiger partial charge >= 0.3 is 11.9 Å². The van der Waals surface area contributed by atoms with Gasteiger partial charge < -0.3 is 9.84 Å². The fourth-order valence-electron chi connectivity index (χ4n) is 4.04. The highest BCUT2D eigenvalue weighted by molar-refractivity contribution is 5.74. The first-order chi connectivity index (χ1) is 12.8. The van der Waals surface area contributed by atoms with E-state index in [0.29, 0.717) is 31.6 Å². The van der Waals surface area contributed by atoms with Gasteiger partial charge in [-0.1, -0.05) is 59.8 Å². The van der Waals surface area contributed by atoms with Crippen molar-refractivity contribution in [1.29, 1.82) is 0 Å². The lowest BCUT2D eigenvalue weighted by Gasteiger charge is -2.27. The van der Waals surface area contributed by atoms with Gasteiger partial charge in [-0.05, 0) is 56.8 Å². The lowest BCUT2D eigenvalue weighted by atomic mass is 9.82. The van der Waals surface area contributed by atoms with Gasteiger partial charge in [-0.25, -0.2) is 0 Å². The van der Waals surface area contributed by atoms with E-state index in [-0.39, 0.29) is 23.9 Å². The van der Waals surface area contributed by atoms with Crippen molar-refractivity contribution in [2.45, 2.75) is 111 Å². The summed E-state index contributed by atoms with van der Waals surface area (Å²) in [6, 6.07) is 0. The van der Waals surface area contributed by atoms with Crippen molar-refractivity contribution in [3.05, 3.63) is 0 Å². The predicted octanol–water partition coefficient (Wildman–Crippen LogP) is 6.22. The Kier molecular flexibility index (Phi) is 11.7. The molecule has 0 heterocycles. The summed E-state index contributed by atoms with van der Waals surface area (Å²) in [4.78, 5) is 23.6. The average molecular weight is 383 g/mol. The van der Waals surface area contributed by atoms with Crippen molar-refractivity contribution >= 4 is 11.9 Å². The maximum Gasteiger partial charge on any atom is 0.309 e. The van der Waals surface area contributed by atoms with Crippen molar-refractivity contribution in [1.82, 2.24) is 0 Å². The smallest absolute Gasteiger partial charge is 0.309 e. The lowest BCUT2D eigenvalue weighted by molar-refractivity contribution is -0.158. The molecule has 158 valence electrons. The summed E-state index contributed by atoms with van der Waals surface area (Å²) in [5.41, 5.74) is 0. The van der Waals surface area contributed by atoms with Gasteiger partial charge in [0.25, 0.3) is 0 Å². The molecule has 0 aromatic heterocycles. The van der Waals surface area contributed by atoms with E-state index < -0.39 is 5.97 Å². The van der Waals surface area contributed by atoms with Crippen LogP contribution in [0.5, 0.6) is 0 Å². The quantitative estimate of drug-likeness (QED) is 0.303. The number of carboxylic acid groups (broad SMARTS) is 1. The van der Waals surface area contributed by atoms with Crippen LogP contribution in [0.1, 0.15) is 105 Å². The highest BCUT2D eigenvalue weighted by Crippen LogP contribution is 2.30. The number of carbonyl (C=O) groups excluding carboxylic acids is 1. The first kappa shape index (κ1) is 24.0. The summed E-state index contributed by atoms with van der Waals surface area (Å²) in [5, 5.41) is 9.09. The van der Waals surface area contributed by atoms with E-state index >= 15 is 0 Å². The van der Waals surface area contributed by atoms with Crippen LogP contribution in [0.3, 0.4) is 0 Å². The summed E-state index contributed by atoms with van der Waals surface area (Å²) in [6.45, 7) is 8.90. The summed E-state index contributed by atoms with van der Waals surface area (Å²) < 4.78 is 5.87. The molecule has 0 amide bonds. The average Bonchev–Trinajstić information content (AvgIpc) is 2.60. The molecule has 1 aliphatic carbocycles. The van der Waals surface area contributed by atoms with E-state index in [4.69, 9.17) is 9.84 Å². The van der Waals surface area contributed by atoms with E-state index in [9.17, 15) is 9.59 Å². The molecule has 0 radical (unpaired) electrons. The summed E-state index contributed by atoms with van der Waals surface area (Å²) in [5.74, 6) is 0.0961. The number of aliphatic carboxylic acids is 1. The Hall–Kier alpha value is -1.06. The molecule has 27 heavy (non-hydrogen) atoms. The first-order valence-corrected chi connectivity index (χ1v) is 11.2. The number of esters is 1. The maximum absolute atomic E-state index is 12.5. The number of hydrogen-bond acceptors (Lipinski definition) is 3. The van der Waals surface area contributed by atoms with Crippen LogP contribution in [0, 0.1) is 23.7 Å². The van der Waals surface area contributed by atoms with Crippen molar-refractivity contribution in [2.24, 2.45) is 23.7 Å². The highest BCUT2D eigenvalue weighted by Gasteiger charge is 2.31. The minimum absolute atomic E-state index is 0.0189. The number of carbonyl (C=O) groups is 2. The van der Waals surface area contributed by atoms with Gasteiger partial charge in [0.1, 0.15) is 6.10 Å². The van der Waals surface area contributed by atoms with Gasteiger partial charge in [0.05, 0.1) is 11.8 Å². The third-order valence-electron chi connectivity index (χ3n) is 5.73. The Labute approximate surface area is 166 Å². The lowest BCUT2D eigenvalue weighted by Crippen LogP contribution is -2.30. The summed E-state index contributed by atoms with van der Waals surface area (Å²) in [7, 11) is 0. The topological polar surface area (TPSA) is 63.6 Å². The summed E-state index contributed by atoms with van der Waals surface area (Å²) in [6.07, 6.45) is 12.0. The predicted molar refractivity (Wildman–Crippen MR) is 110 cm³/mol. The summed E-state index contributed by atoms with van der Waals surface area (Å²) >= 11 is 0. The van der Waals surface area contributed by atoms with E-state index in [1.54, 1.807) is 0 Å². The van der Waals surface area contributed by atoms with Crippen molar-refractivity contribution in [3.63, 3.8) is 0 Å². The normalized spacial score (nSPS) is 21.4. The molecule has 0 spiro atoms. The Morgan fingerprint density at radius 2 is 1.33 bits per heavy atom. The number of ether oxygens (including phenoxy) is 1. The van der Waals surface area contributed by atoms with Crippen LogP contribution < -0.4 is 0 Å². The van der Waals surface area contributed by atoms with Crippen LogP contribution in [0.25, 0.3) is 0 Å². The zero-order valence-corrected chi connectivity index (χ0v) is 18.0. The Morgan fingerprint density at radius 3 is 1.85 bits per heavy atom. The minimum Gasteiger partial charge on any atom is -0.481 e. The largest absolute Gasteiger partial charge is 0.481 e. The molecule has 1 N–H and O–H groups in total. The molecule has 1 unspecified atom stereocenters. The monoisotopic (exact) mass is 382 g/mol. The molecule has 4 heteroatoms. The molecule has 1 aliphatic rings. The van der Waals surface area contributed by atoms with E-state index in [0.717, 1.165) is 25.2 Å². The molecule has 0 aliphatic heterocycles. The zero-order valence-electron chi connectivity index (χ0n) is 18.0. The van der Waals surface area contributed by atoms with Crippen LogP contribution in [-0.2, 0) is 14.3 Å². The number of unbranched alkanes of at least 4 members (excludes halogenated alkanes) is 4. The molecule has 1 rings (SSSR count). The molecule has 1 fully saturated rings. The Morgan fingerprint density at radius 1 is 0.815 bits per heavy atom. The molecule has 1 saturated carbocycles. The van der Waals surface area contributed by atoms with Gasteiger partial charge in [-0.15, -0.1) is 0 Å². The first-order valence-electron chi connectivity index (χ1n) is 11.2. The minimum atomic E-state index is -0.729. The Balaban J connectivity index is 2.30. The molecular weight excluding hydrogens is 340 g/mol. The van der Waals surface area contributed by atoms with Gasteiger partial charge in [0.15, 0.2) is 0 Å². The fourth-order valence-corrected chi connectivity index (χ4v) is 4.04. The molecule has 0 saturated heterocycles. The molecule has 0 aromatic rings. The number of rotatable bonds is 13. The standard InChI is InChI=1S/C23H42O4/c1-17(2)10-8-6-5-7-9-11-21(16-18(3)4)27-23(26)20-14-12-19(13-15-20)22(24)25/h17-21H,5-16H2,1-4H3,(H,24,25). The van der Waals surface area contributed by atoms with E-state index in [1.807, 2.05) is 0 Å². The van der Waals surface area contributed by atoms with E-state index in [2.05, 4.69) is 27.7 Å².